The van der Waals surface area contributed by atoms with E-state index in [2.05, 4.69) is 0 Å². The fourth-order valence-electron chi connectivity index (χ4n) is 2.60. The second kappa shape index (κ2) is 5.40. The number of alkyl halides is 2. The van der Waals surface area contributed by atoms with Crippen molar-refractivity contribution >= 4 is 17.5 Å². The van der Waals surface area contributed by atoms with E-state index in [1.165, 1.54) is 0 Å². The molecule has 0 saturated carbocycles. The summed E-state index contributed by atoms with van der Waals surface area (Å²) < 4.78 is 27.2. The SMILES string of the molecule is O=C1CCCc2c1ccn2-c1ccccc1SC(F)F. The zero-order chi connectivity index (χ0) is 14.1. The largest absolute Gasteiger partial charge is 0.319 e. The van der Waals surface area contributed by atoms with E-state index in [9.17, 15) is 13.6 Å². The van der Waals surface area contributed by atoms with Crippen LogP contribution in [-0.4, -0.2) is 16.1 Å². The van der Waals surface area contributed by atoms with Gasteiger partial charge in [0.15, 0.2) is 5.78 Å². The van der Waals surface area contributed by atoms with E-state index >= 15 is 0 Å². The molecule has 1 aromatic heterocycles. The Morgan fingerprint density at radius 2 is 1.95 bits per heavy atom. The van der Waals surface area contributed by atoms with Crippen molar-refractivity contribution in [3.8, 4) is 5.69 Å². The molecular weight excluding hydrogens is 280 g/mol. The molecule has 0 atom stereocenters. The van der Waals surface area contributed by atoms with Gasteiger partial charge in [0.25, 0.3) is 5.76 Å². The summed E-state index contributed by atoms with van der Waals surface area (Å²) in [5.41, 5.74) is 2.38. The monoisotopic (exact) mass is 293 g/mol. The van der Waals surface area contributed by atoms with E-state index in [-0.39, 0.29) is 5.78 Å². The predicted octanol–water partition coefficient (Wildman–Crippen LogP) is 4.31. The minimum Gasteiger partial charge on any atom is -0.319 e. The molecule has 0 bridgehead atoms. The van der Waals surface area contributed by atoms with Crippen LogP contribution in [0.5, 0.6) is 0 Å². The first kappa shape index (κ1) is 13.4. The summed E-state index contributed by atoms with van der Waals surface area (Å²) in [6, 6.07) is 8.85. The van der Waals surface area contributed by atoms with Gasteiger partial charge in [0.1, 0.15) is 0 Å². The first-order valence-corrected chi connectivity index (χ1v) is 7.32. The van der Waals surface area contributed by atoms with Crippen LogP contribution in [0.2, 0.25) is 0 Å². The zero-order valence-corrected chi connectivity index (χ0v) is 11.5. The highest BCUT2D eigenvalue weighted by molar-refractivity contribution is 7.99. The molecule has 0 amide bonds. The van der Waals surface area contributed by atoms with Crippen molar-refractivity contribution < 1.29 is 13.6 Å². The second-order valence-corrected chi connectivity index (χ2v) is 5.70. The first-order valence-electron chi connectivity index (χ1n) is 6.44. The first-order chi connectivity index (χ1) is 9.66. The van der Waals surface area contributed by atoms with Gasteiger partial charge in [0.05, 0.1) is 5.69 Å². The number of halogens is 2. The summed E-state index contributed by atoms with van der Waals surface area (Å²) in [5, 5.41) is 0. The number of fused-ring (bicyclic) bond motifs is 1. The van der Waals surface area contributed by atoms with E-state index in [0.29, 0.717) is 28.8 Å². The summed E-state index contributed by atoms with van der Waals surface area (Å²) >= 11 is 0.536. The fourth-order valence-corrected chi connectivity index (χ4v) is 3.24. The number of para-hydroxylation sites is 1. The standard InChI is InChI=1S/C15H13F2NOS/c16-15(17)20-14-7-2-1-4-12(14)18-9-8-10-11(18)5-3-6-13(10)19/h1-2,4,7-9,15H,3,5-6H2. The molecule has 0 unspecified atom stereocenters. The number of benzene rings is 1. The molecule has 3 rings (SSSR count). The summed E-state index contributed by atoms with van der Waals surface area (Å²) in [6.07, 6.45) is 4.00. The molecule has 0 saturated heterocycles. The van der Waals surface area contributed by atoms with Crippen molar-refractivity contribution in [3.05, 3.63) is 47.8 Å². The molecule has 1 heterocycles. The average Bonchev–Trinajstić information content (AvgIpc) is 2.84. The lowest BCUT2D eigenvalue weighted by molar-refractivity contribution is 0.0972. The van der Waals surface area contributed by atoms with Crippen LogP contribution < -0.4 is 0 Å². The highest BCUT2D eigenvalue weighted by Gasteiger charge is 2.22. The topological polar surface area (TPSA) is 22.0 Å². The van der Waals surface area contributed by atoms with Crippen LogP contribution >= 0.6 is 11.8 Å². The van der Waals surface area contributed by atoms with Gasteiger partial charge in [-0.05, 0) is 31.0 Å². The molecule has 0 N–H and O–H groups in total. The fraction of sp³-hybridized carbons (Fsp3) is 0.267. The zero-order valence-electron chi connectivity index (χ0n) is 10.7. The lowest BCUT2D eigenvalue weighted by atomic mass is 9.97. The minimum absolute atomic E-state index is 0.143. The molecule has 1 aromatic carbocycles. The summed E-state index contributed by atoms with van der Waals surface area (Å²) in [6.45, 7) is 0. The Hall–Kier alpha value is -1.62. The number of carbonyl (C=O) groups excluding carboxylic acids is 1. The van der Waals surface area contributed by atoms with Gasteiger partial charge >= 0.3 is 0 Å². The van der Waals surface area contributed by atoms with Gasteiger partial charge < -0.3 is 4.57 Å². The van der Waals surface area contributed by atoms with Crippen molar-refractivity contribution in [2.24, 2.45) is 0 Å². The van der Waals surface area contributed by atoms with Crippen molar-refractivity contribution in [1.29, 1.82) is 0 Å². The molecular formula is C15H13F2NOS. The number of carbonyl (C=O) groups is 1. The van der Waals surface area contributed by atoms with E-state index in [1.807, 2.05) is 16.7 Å². The molecule has 5 heteroatoms. The Bertz CT molecular complexity index is 651. The number of aromatic nitrogens is 1. The Kier molecular flexibility index (Phi) is 3.61. The van der Waals surface area contributed by atoms with Gasteiger partial charge in [0.2, 0.25) is 0 Å². The molecule has 2 aromatic rings. The third kappa shape index (κ3) is 2.38. The number of nitrogens with zero attached hydrogens (tertiary/aromatic N) is 1. The van der Waals surface area contributed by atoms with Crippen LogP contribution in [0, 0.1) is 0 Å². The van der Waals surface area contributed by atoms with E-state index in [0.717, 1.165) is 24.1 Å². The van der Waals surface area contributed by atoms with Crippen molar-refractivity contribution in [3.63, 3.8) is 0 Å². The van der Waals surface area contributed by atoms with E-state index in [4.69, 9.17) is 0 Å². The number of Topliss-reactive ketones (excluding diaryl/α,β-unsaturated/α-hetero) is 1. The highest BCUT2D eigenvalue weighted by Crippen LogP contribution is 2.33. The Morgan fingerprint density at radius 1 is 1.15 bits per heavy atom. The molecule has 0 fully saturated rings. The van der Waals surface area contributed by atoms with Crippen molar-refractivity contribution in [2.75, 3.05) is 0 Å². The minimum atomic E-state index is -2.45. The lowest BCUT2D eigenvalue weighted by Gasteiger charge is -2.17. The second-order valence-electron chi connectivity index (χ2n) is 4.67. The quantitative estimate of drug-likeness (QED) is 0.787. The third-order valence-corrected chi connectivity index (χ3v) is 4.23. The Balaban J connectivity index is 2.08. The van der Waals surface area contributed by atoms with Crippen molar-refractivity contribution in [1.82, 2.24) is 4.57 Å². The maximum atomic E-state index is 12.6. The summed E-state index contributed by atoms with van der Waals surface area (Å²) in [4.78, 5) is 12.4. The van der Waals surface area contributed by atoms with Gasteiger partial charge in [-0.15, -0.1) is 0 Å². The van der Waals surface area contributed by atoms with Gasteiger partial charge in [-0.25, -0.2) is 0 Å². The van der Waals surface area contributed by atoms with Crippen LogP contribution in [0.1, 0.15) is 28.9 Å². The number of hydrogen-bond acceptors (Lipinski definition) is 2. The number of rotatable bonds is 3. The normalized spacial score (nSPS) is 14.7. The molecule has 0 aliphatic heterocycles. The molecule has 0 radical (unpaired) electrons. The van der Waals surface area contributed by atoms with Gasteiger partial charge in [0, 0.05) is 28.8 Å². The molecule has 1 aliphatic carbocycles. The van der Waals surface area contributed by atoms with Gasteiger partial charge in [-0.1, -0.05) is 23.9 Å². The van der Waals surface area contributed by atoms with Crippen LogP contribution in [0.25, 0.3) is 5.69 Å². The Morgan fingerprint density at radius 3 is 2.75 bits per heavy atom. The third-order valence-electron chi connectivity index (χ3n) is 3.45. The van der Waals surface area contributed by atoms with Crippen LogP contribution in [0.3, 0.4) is 0 Å². The number of hydrogen-bond donors (Lipinski definition) is 0. The number of ketones is 1. The molecule has 1 aliphatic rings. The van der Waals surface area contributed by atoms with Crippen molar-refractivity contribution in [2.45, 2.75) is 29.9 Å². The number of thioether (sulfide) groups is 1. The molecule has 20 heavy (non-hydrogen) atoms. The molecule has 104 valence electrons. The van der Waals surface area contributed by atoms with E-state index in [1.54, 1.807) is 24.4 Å². The lowest BCUT2D eigenvalue weighted by Crippen LogP contribution is -2.12. The highest BCUT2D eigenvalue weighted by atomic mass is 32.2. The van der Waals surface area contributed by atoms with Crippen LogP contribution in [-0.2, 0) is 6.42 Å². The van der Waals surface area contributed by atoms with Crippen LogP contribution in [0.4, 0.5) is 8.78 Å². The summed E-state index contributed by atoms with van der Waals surface area (Å²) in [5.74, 6) is -2.31. The molecule has 2 nitrogen and oxygen atoms in total. The summed E-state index contributed by atoms with van der Waals surface area (Å²) in [7, 11) is 0. The average molecular weight is 293 g/mol. The smallest absolute Gasteiger partial charge is 0.288 e. The maximum Gasteiger partial charge on any atom is 0.288 e. The van der Waals surface area contributed by atoms with E-state index < -0.39 is 5.76 Å². The van der Waals surface area contributed by atoms with Crippen LogP contribution in [0.15, 0.2) is 41.4 Å². The Labute approximate surface area is 119 Å². The molecule has 0 spiro atoms. The maximum absolute atomic E-state index is 12.6. The van der Waals surface area contributed by atoms with Gasteiger partial charge in [-0.3, -0.25) is 4.79 Å². The van der Waals surface area contributed by atoms with Gasteiger partial charge in [-0.2, -0.15) is 8.78 Å². The predicted molar refractivity (Wildman–Crippen MR) is 74.9 cm³/mol.